The number of aromatic hydroxyl groups is 1. The number of methoxy groups -OCH3 is 2. The predicted octanol–water partition coefficient (Wildman–Crippen LogP) is 3.01. The van der Waals surface area contributed by atoms with E-state index in [-0.39, 0.29) is 23.5 Å². The van der Waals surface area contributed by atoms with Gasteiger partial charge in [0.05, 0.1) is 35.5 Å². The van der Waals surface area contributed by atoms with Gasteiger partial charge in [-0.15, -0.1) is 0 Å². The van der Waals surface area contributed by atoms with Crippen molar-refractivity contribution in [2.24, 2.45) is 0 Å². The fraction of sp³-hybridized carbons (Fsp3) is 0.333. The Kier molecular flexibility index (Phi) is 13.3. The third-order valence-corrected chi connectivity index (χ3v) is 4.26. The second-order valence-electron chi connectivity index (χ2n) is 6.74. The third-order valence-electron chi connectivity index (χ3n) is 4.26. The van der Waals surface area contributed by atoms with Crippen LogP contribution < -0.4 is 4.74 Å². The minimum absolute atomic E-state index is 0.0434. The normalized spacial score (nSPS) is 9.94. The van der Waals surface area contributed by atoms with Gasteiger partial charge in [-0.25, -0.2) is 9.59 Å². The summed E-state index contributed by atoms with van der Waals surface area (Å²) in [5.74, 6) is -1.53. The number of rotatable bonds is 13. The zero-order valence-electron chi connectivity index (χ0n) is 19.0. The molecule has 2 N–H and O–H groups in total. The lowest BCUT2D eigenvalue weighted by atomic mass is 10.1. The van der Waals surface area contributed by atoms with Crippen LogP contribution >= 0.6 is 0 Å². The van der Waals surface area contributed by atoms with E-state index >= 15 is 0 Å². The van der Waals surface area contributed by atoms with E-state index in [0.717, 1.165) is 6.07 Å². The topological polar surface area (TPSA) is 146 Å². The SMILES string of the molecule is COCCCOC(=O)c1ccc(C=O)c(OCCCOC)c1.O=Cc1ccc(C(=O)O)cc1O. The minimum Gasteiger partial charge on any atom is -0.507 e. The summed E-state index contributed by atoms with van der Waals surface area (Å²) in [7, 11) is 3.20. The first-order valence-corrected chi connectivity index (χ1v) is 10.3. The largest absolute Gasteiger partial charge is 0.507 e. The molecule has 0 atom stereocenters. The molecule has 34 heavy (non-hydrogen) atoms. The quantitative estimate of drug-likeness (QED) is 0.251. The molecule has 0 aliphatic heterocycles. The van der Waals surface area contributed by atoms with E-state index in [1.807, 2.05) is 0 Å². The highest BCUT2D eigenvalue weighted by Crippen LogP contribution is 2.20. The fourth-order valence-electron chi connectivity index (χ4n) is 2.50. The molecule has 0 bridgehead atoms. The average Bonchev–Trinajstić information content (AvgIpc) is 2.84. The highest BCUT2D eigenvalue weighted by atomic mass is 16.5. The zero-order chi connectivity index (χ0) is 25.3. The van der Waals surface area contributed by atoms with Crippen molar-refractivity contribution in [3.05, 3.63) is 58.7 Å². The van der Waals surface area contributed by atoms with Crippen molar-refractivity contribution < 1.29 is 48.3 Å². The number of carboxylic acids is 1. The maximum Gasteiger partial charge on any atom is 0.338 e. The van der Waals surface area contributed by atoms with Gasteiger partial charge in [0.2, 0.25) is 0 Å². The van der Waals surface area contributed by atoms with Crippen molar-refractivity contribution in [3.63, 3.8) is 0 Å². The number of esters is 1. The van der Waals surface area contributed by atoms with Crippen LogP contribution in [0.1, 0.15) is 54.3 Å². The van der Waals surface area contributed by atoms with Crippen molar-refractivity contribution in [1.82, 2.24) is 0 Å². The van der Waals surface area contributed by atoms with Gasteiger partial charge in [-0.1, -0.05) is 0 Å². The first kappa shape index (κ1) is 28.3. The Balaban J connectivity index is 0.000000404. The first-order valence-electron chi connectivity index (χ1n) is 10.3. The highest BCUT2D eigenvalue weighted by Gasteiger charge is 2.12. The molecule has 2 aromatic rings. The Morgan fingerprint density at radius 2 is 1.41 bits per heavy atom. The summed E-state index contributed by atoms with van der Waals surface area (Å²) in [6.45, 7) is 1.79. The van der Waals surface area contributed by atoms with Gasteiger partial charge in [0.15, 0.2) is 12.6 Å². The number of carbonyl (C=O) groups excluding carboxylic acids is 3. The number of ether oxygens (including phenoxy) is 4. The van der Waals surface area contributed by atoms with Crippen LogP contribution in [0.2, 0.25) is 0 Å². The summed E-state index contributed by atoms with van der Waals surface area (Å²) >= 11 is 0. The number of hydrogen-bond donors (Lipinski definition) is 2. The molecule has 0 unspecified atom stereocenters. The van der Waals surface area contributed by atoms with Gasteiger partial charge in [0.1, 0.15) is 11.5 Å². The number of carbonyl (C=O) groups is 4. The Morgan fingerprint density at radius 1 is 0.824 bits per heavy atom. The summed E-state index contributed by atoms with van der Waals surface area (Å²) in [4.78, 5) is 43.5. The van der Waals surface area contributed by atoms with Crippen LogP contribution in [0, 0.1) is 0 Å². The molecule has 0 amide bonds. The summed E-state index contributed by atoms with van der Waals surface area (Å²) in [6, 6.07) is 8.16. The first-order chi connectivity index (χ1) is 16.4. The molecule has 0 spiro atoms. The molecular weight excluding hydrogens is 448 g/mol. The highest BCUT2D eigenvalue weighted by molar-refractivity contribution is 5.92. The molecular formula is C24H28O10. The van der Waals surface area contributed by atoms with Crippen LogP contribution in [0.4, 0.5) is 0 Å². The molecule has 0 saturated heterocycles. The lowest BCUT2D eigenvalue weighted by Gasteiger charge is -2.10. The van der Waals surface area contributed by atoms with Crippen LogP contribution in [0.25, 0.3) is 0 Å². The predicted molar refractivity (Wildman–Crippen MR) is 121 cm³/mol. The molecule has 0 aromatic heterocycles. The number of phenolic OH excluding ortho intramolecular Hbond substituents is 1. The second kappa shape index (κ2) is 15.9. The molecule has 2 rings (SSSR count). The Hall–Kier alpha value is -3.76. The average molecular weight is 476 g/mol. The molecule has 0 fully saturated rings. The molecule has 10 nitrogen and oxygen atoms in total. The van der Waals surface area contributed by atoms with Crippen molar-refractivity contribution in [3.8, 4) is 11.5 Å². The summed E-state index contributed by atoms with van der Waals surface area (Å²) in [5.41, 5.74) is 0.788. The van der Waals surface area contributed by atoms with Gasteiger partial charge in [0.25, 0.3) is 0 Å². The maximum absolute atomic E-state index is 11.9. The van der Waals surface area contributed by atoms with Gasteiger partial charge >= 0.3 is 11.9 Å². The Bertz CT molecular complexity index is 955. The number of hydrogen-bond acceptors (Lipinski definition) is 9. The van der Waals surface area contributed by atoms with Gasteiger partial charge in [-0.05, 0) is 36.4 Å². The second-order valence-corrected chi connectivity index (χ2v) is 6.74. The lowest BCUT2D eigenvalue weighted by molar-refractivity contribution is 0.0467. The van der Waals surface area contributed by atoms with Gasteiger partial charge in [-0.3, -0.25) is 9.59 Å². The van der Waals surface area contributed by atoms with E-state index in [0.29, 0.717) is 62.1 Å². The molecule has 0 saturated carbocycles. The lowest BCUT2D eigenvalue weighted by Crippen LogP contribution is -2.09. The van der Waals surface area contributed by atoms with Crippen molar-refractivity contribution >= 4 is 24.5 Å². The molecule has 2 aromatic carbocycles. The van der Waals surface area contributed by atoms with Gasteiger partial charge < -0.3 is 29.2 Å². The Morgan fingerprint density at radius 3 is 1.97 bits per heavy atom. The van der Waals surface area contributed by atoms with Crippen molar-refractivity contribution in [1.29, 1.82) is 0 Å². The minimum atomic E-state index is -1.14. The van der Waals surface area contributed by atoms with Crippen LogP contribution in [0.5, 0.6) is 11.5 Å². The molecule has 10 heteroatoms. The smallest absolute Gasteiger partial charge is 0.338 e. The van der Waals surface area contributed by atoms with Gasteiger partial charge in [-0.2, -0.15) is 0 Å². The zero-order valence-corrected chi connectivity index (χ0v) is 19.0. The van der Waals surface area contributed by atoms with Crippen molar-refractivity contribution in [2.75, 3.05) is 40.6 Å². The molecule has 0 aliphatic rings. The monoisotopic (exact) mass is 476 g/mol. The molecule has 184 valence electrons. The standard InChI is InChI=1S/C16H22O6.C8H6O4/c1-19-7-3-9-21-15-11-13(5-6-14(15)12-17)16(18)22-10-4-8-20-2;9-4-6-2-1-5(8(11)12)3-7(6)10/h5-6,11-12H,3-4,7-10H2,1-2H3;1-4,10H,(H,11,12). The van der Waals surface area contributed by atoms with Crippen LogP contribution in [0.15, 0.2) is 36.4 Å². The molecule has 0 radical (unpaired) electrons. The summed E-state index contributed by atoms with van der Waals surface area (Å²) in [5, 5.41) is 17.5. The summed E-state index contributed by atoms with van der Waals surface area (Å²) in [6.07, 6.45) is 2.48. The molecule has 0 aliphatic carbocycles. The van der Waals surface area contributed by atoms with Gasteiger partial charge in [0, 0.05) is 40.3 Å². The van der Waals surface area contributed by atoms with Crippen LogP contribution in [-0.2, 0) is 14.2 Å². The van der Waals surface area contributed by atoms with E-state index in [4.69, 9.17) is 29.2 Å². The van der Waals surface area contributed by atoms with E-state index in [2.05, 4.69) is 0 Å². The number of aromatic carboxylic acids is 1. The maximum atomic E-state index is 11.9. The van der Waals surface area contributed by atoms with E-state index in [1.165, 1.54) is 18.2 Å². The van der Waals surface area contributed by atoms with Crippen LogP contribution in [-0.4, -0.2) is 75.4 Å². The van der Waals surface area contributed by atoms with E-state index in [9.17, 15) is 19.2 Å². The molecule has 0 heterocycles. The van der Waals surface area contributed by atoms with E-state index < -0.39 is 11.9 Å². The number of phenols is 1. The number of carboxylic acid groups (broad SMARTS) is 1. The van der Waals surface area contributed by atoms with Crippen molar-refractivity contribution in [2.45, 2.75) is 12.8 Å². The number of benzene rings is 2. The van der Waals surface area contributed by atoms with Crippen LogP contribution in [0.3, 0.4) is 0 Å². The Labute approximate surface area is 197 Å². The number of aldehydes is 2. The fourth-order valence-corrected chi connectivity index (χ4v) is 2.50. The third kappa shape index (κ3) is 9.80. The van der Waals surface area contributed by atoms with E-state index in [1.54, 1.807) is 26.4 Å². The summed E-state index contributed by atoms with van der Waals surface area (Å²) < 4.78 is 20.5.